The van der Waals surface area contributed by atoms with Crippen LogP contribution >= 0.6 is 34.7 Å². The van der Waals surface area contributed by atoms with E-state index >= 15 is 0 Å². The van der Waals surface area contributed by atoms with Gasteiger partial charge < -0.3 is 5.32 Å². The molecule has 1 amide bonds. The van der Waals surface area contributed by atoms with Gasteiger partial charge >= 0.3 is 0 Å². The van der Waals surface area contributed by atoms with Crippen LogP contribution in [0.2, 0.25) is 5.02 Å². The Balaban J connectivity index is 1.85. The van der Waals surface area contributed by atoms with E-state index in [4.69, 9.17) is 11.6 Å². The maximum absolute atomic E-state index is 11.9. The molecule has 1 aliphatic heterocycles. The highest BCUT2D eigenvalue weighted by Crippen LogP contribution is 2.31. The molecule has 0 atom stereocenters. The number of nitrogens with one attached hydrogen (secondary N) is 1. The Morgan fingerprint density at radius 2 is 2.05 bits per heavy atom. The van der Waals surface area contributed by atoms with Gasteiger partial charge in [-0.05, 0) is 41.4 Å². The number of halogens is 1. The van der Waals surface area contributed by atoms with E-state index in [0.717, 1.165) is 4.88 Å². The van der Waals surface area contributed by atoms with Gasteiger partial charge in [-0.15, -0.1) is 11.3 Å². The molecule has 1 N–H and O–H groups in total. The number of hydrogen-bond donors (Lipinski definition) is 1. The fourth-order valence-corrected chi connectivity index (χ4v) is 3.37. The summed E-state index contributed by atoms with van der Waals surface area (Å²) in [5, 5.41) is 5.83. The second-order valence-corrected chi connectivity index (χ2v) is 6.37. The summed E-state index contributed by atoms with van der Waals surface area (Å²) < 4.78 is 0. The molecule has 1 aliphatic rings. The normalized spacial score (nSPS) is 18.8. The number of rotatable bonds is 2. The highest BCUT2D eigenvalue weighted by atomic mass is 35.5. The minimum Gasteiger partial charge on any atom is -0.300 e. The number of amidine groups is 1. The third kappa shape index (κ3) is 2.95. The van der Waals surface area contributed by atoms with Crippen LogP contribution in [0, 0.1) is 0 Å². The first kappa shape index (κ1) is 13.4. The molecular formula is C14H9ClN2OS2. The molecule has 20 heavy (non-hydrogen) atoms. The summed E-state index contributed by atoms with van der Waals surface area (Å²) in [7, 11) is 0. The van der Waals surface area contributed by atoms with Gasteiger partial charge in [-0.25, -0.2) is 4.99 Å². The van der Waals surface area contributed by atoms with E-state index in [-0.39, 0.29) is 5.91 Å². The van der Waals surface area contributed by atoms with Gasteiger partial charge in [0.05, 0.1) is 15.6 Å². The van der Waals surface area contributed by atoms with Crippen molar-refractivity contribution in [2.45, 2.75) is 0 Å². The van der Waals surface area contributed by atoms with E-state index in [1.165, 1.54) is 11.8 Å². The van der Waals surface area contributed by atoms with Gasteiger partial charge in [0.2, 0.25) is 0 Å². The zero-order chi connectivity index (χ0) is 13.9. The summed E-state index contributed by atoms with van der Waals surface area (Å²) >= 11 is 8.96. The van der Waals surface area contributed by atoms with Crippen LogP contribution in [0.15, 0.2) is 51.7 Å². The lowest BCUT2D eigenvalue weighted by Crippen LogP contribution is -2.19. The molecular weight excluding hydrogens is 312 g/mol. The predicted molar refractivity (Wildman–Crippen MR) is 86.6 cm³/mol. The van der Waals surface area contributed by atoms with E-state index < -0.39 is 0 Å². The number of benzene rings is 1. The van der Waals surface area contributed by atoms with Crippen molar-refractivity contribution in [1.29, 1.82) is 0 Å². The van der Waals surface area contributed by atoms with Crippen molar-refractivity contribution in [2.75, 3.05) is 0 Å². The molecule has 2 heterocycles. The SMILES string of the molecule is O=C1NC(=Nc2ccccc2Cl)S/C1=C/c1cccs1. The zero-order valence-corrected chi connectivity index (χ0v) is 12.6. The maximum atomic E-state index is 11.9. The first-order valence-corrected chi connectivity index (χ1v) is 7.87. The molecule has 6 heteroatoms. The number of hydrogen-bond acceptors (Lipinski definition) is 4. The van der Waals surface area contributed by atoms with Crippen LogP contribution in [-0.4, -0.2) is 11.1 Å². The van der Waals surface area contributed by atoms with Crippen LogP contribution in [-0.2, 0) is 4.79 Å². The molecule has 1 aromatic heterocycles. The zero-order valence-electron chi connectivity index (χ0n) is 10.2. The molecule has 100 valence electrons. The Morgan fingerprint density at radius 1 is 1.20 bits per heavy atom. The van der Waals surface area contributed by atoms with Gasteiger partial charge in [0.15, 0.2) is 5.17 Å². The highest BCUT2D eigenvalue weighted by Gasteiger charge is 2.24. The standard InChI is InChI=1S/C14H9ClN2OS2/c15-10-5-1-2-6-11(10)16-14-17-13(18)12(20-14)8-9-4-3-7-19-9/h1-8H,(H,16,17,18)/b12-8+. The number of para-hydroxylation sites is 1. The summed E-state index contributed by atoms with van der Waals surface area (Å²) in [4.78, 5) is 17.9. The second kappa shape index (κ2) is 5.83. The lowest BCUT2D eigenvalue weighted by Gasteiger charge is -1.98. The number of thioether (sulfide) groups is 1. The smallest absolute Gasteiger partial charge is 0.264 e. The first-order chi connectivity index (χ1) is 9.72. The third-order valence-corrected chi connectivity index (χ3v) is 4.59. The monoisotopic (exact) mass is 320 g/mol. The van der Waals surface area contributed by atoms with Crippen molar-refractivity contribution in [3.63, 3.8) is 0 Å². The molecule has 1 aromatic carbocycles. The number of amides is 1. The Hall–Kier alpha value is -1.56. The summed E-state index contributed by atoms with van der Waals surface area (Å²) in [6, 6.07) is 11.2. The Labute approximate surface area is 129 Å². The molecule has 1 saturated heterocycles. The summed E-state index contributed by atoms with van der Waals surface area (Å²) in [6.45, 7) is 0. The van der Waals surface area contributed by atoms with Gasteiger partial charge in [-0.3, -0.25) is 4.79 Å². The average molecular weight is 321 g/mol. The van der Waals surface area contributed by atoms with Gasteiger partial charge in [0, 0.05) is 4.88 Å². The number of aliphatic imine (C=N–C) groups is 1. The van der Waals surface area contributed by atoms with Crippen molar-refractivity contribution in [3.8, 4) is 0 Å². The molecule has 0 saturated carbocycles. The van der Waals surface area contributed by atoms with Crippen molar-refractivity contribution >= 4 is 57.5 Å². The fourth-order valence-electron chi connectivity index (χ4n) is 1.63. The molecule has 0 spiro atoms. The number of carbonyl (C=O) groups is 1. The van der Waals surface area contributed by atoms with Gasteiger partial charge in [0.1, 0.15) is 0 Å². The Morgan fingerprint density at radius 3 is 2.80 bits per heavy atom. The van der Waals surface area contributed by atoms with E-state index in [2.05, 4.69) is 10.3 Å². The van der Waals surface area contributed by atoms with Crippen LogP contribution in [0.25, 0.3) is 6.08 Å². The second-order valence-electron chi connectivity index (χ2n) is 3.95. The van der Waals surface area contributed by atoms with Crippen molar-refractivity contribution < 1.29 is 4.79 Å². The third-order valence-electron chi connectivity index (χ3n) is 2.54. The van der Waals surface area contributed by atoms with Crippen LogP contribution in [0.4, 0.5) is 5.69 Å². The largest absolute Gasteiger partial charge is 0.300 e. The maximum Gasteiger partial charge on any atom is 0.264 e. The van der Waals surface area contributed by atoms with Gasteiger partial charge in [-0.2, -0.15) is 0 Å². The summed E-state index contributed by atoms with van der Waals surface area (Å²) in [5.74, 6) is -0.130. The van der Waals surface area contributed by atoms with E-state index in [0.29, 0.717) is 20.8 Å². The summed E-state index contributed by atoms with van der Waals surface area (Å²) in [6.07, 6.45) is 1.86. The highest BCUT2D eigenvalue weighted by molar-refractivity contribution is 8.18. The van der Waals surface area contributed by atoms with E-state index in [1.807, 2.05) is 41.8 Å². The van der Waals surface area contributed by atoms with E-state index in [9.17, 15) is 4.79 Å². The van der Waals surface area contributed by atoms with Crippen LogP contribution < -0.4 is 5.32 Å². The molecule has 0 unspecified atom stereocenters. The van der Waals surface area contributed by atoms with Crippen molar-refractivity contribution in [3.05, 3.63) is 56.6 Å². The Bertz CT molecular complexity index is 708. The van der Waals surface area contributed by atoms with Crippen LogP contribution in [0.1, 0.15) is 4.88 Å². The van der Waals surface area contributed by atoms with Gasteiger partial charge in [-0.1, -0.05) is 29.8 Å². The average Bonchev–Trinajstić information content (AvgIpc) is 3.04. The quantitative estimate of drug-likeness (QED) is 0.838. The van der Waals surface area contributed by atoms with Crippen LogP contribution in [0.3, 0.4) is 0 Å². The molecule has 3 rings (SSSR count). The van der Waals surface area contributed by atoms with Gasteiger partial charge in [0.25, 0.3) is 5.91 Å². The topological polar surface area (TPSA) is 41.5 Å². The molecule has 0 aliphatic carbocycles. The first-order valence-electron chi connectivity index (χ1n) is 5.80. The molecule has 2 aromatic rings. The molecule has 0 bridgehead atoms. The van der Waals surface area contributed by atoms with E-state index in [1.54, 1.807) is 17.4 Å². The minimum atomic E-state index is -0.130. The number of nitrogens with zero attached hydrogens (tertiary/aromatic N) is 1. The van der Waals surface area contributed by atoms with Crippen molar-refractivity contribution in [2.24, 2.45) is 4.99 Å². The number of thiophene rings is 1. The summed E-state index contributed by atoms with van der Waals surface area (Å²) in [5.41, 5.74) is 0.648. The fraction of sp³-hybridized carbons (Fsp3) is 0. The Kier molecular flexibility index (Phi) is 3.91. The lowest BCUT2D eigenvalue weighted by atomic mass is 10.3. The number of carbonyl (C=O) groups excluding carboxylic acids is 1. The molecule has 0 radical (unpaired) electrons. The van der Waals surface area contributed by atoms with Crippen molar-refractivity contribution in [1.82, 2.24) is 5.32 Å². The van der Waals surface area contributed by atoms with Crippen LogP contribution in [0.5, 0.6) is 0 Å². The minimum absolute atomic E-state index is 0.130. The lowest BCUT2D eigenvalue weighted by molar-refractivity contribution is -0.115. The molecule has 3 nitrogen and oxygen atoms in total. The predicted octanol–water partition coefficient (Wildman–Crippen LogP) is 4.29. The molecule has 1 fully saturated rings.